The number of benzene rings is 8. The Morgan fingerprint density at radius 1 is 0.317 bits per heavy atom. The van der Waals surface area contributed by atoms with Crippen LogP contribution in [0.25, 0.3) is 35.4 Å². The van der Waals surface area contributed by atoms with Crippen molar-refractivity contribution in [3.05, 3.63) is 233 Å². The second-order valence-corrected chi connectivity index (χ2v) is 15.2. The second-order valence-electron chi connectivity index (χ2n) is 15.2. The van der Waals surface area contributed by atoms with Gasteiger partial charge in [0.25, 0.3) is 0 Å². The van der Waals surface area contributed by atoms with Crippen LogP contribution in [0, 0.1) is 20.8 Å². The van der Waals surface area contributed by atoms with Crippen LogP contribution in [0.1, 0.15) is 45.9 Å². The largest absolute Gasteiger partial charge is 0.494 e. The molecule has 0 aliphatic rings. The molecule has 8 rings (SSSR count). The van der Waals surface area contributed by atoms with E-state index in [4.69, 9.17) is 4.74 Å². The molecule has 3 heteroatoms. The molecule has 3 nitrogen and oxygen atoms in total. The van der Waals surface area contributed by atoms with E-state index in [-0.39, 0.29) is 0 Å². The van der Waals surface area contributed by atoms with Crippen LogP contribution < -0.4 is 14.5 Å². The van der Waals surface area contributed by atoms with E-state index in [0.717, 1.165) is 67.7 Å². The first-order valence-corrected chi connectivity index (χ1v) is 20.7. The molecule has 60 heavy (non-hydrogen) atoms. The van der Waals surface area contributed by atoms with E-state index in [1.54, 1.807) is 0 Å². The molecular formula is C57H50N2O. The van der Waals surface area contributed by atoms with Crippen LogP contribution in [0.3, 0.4) is 0 Å². The van der Waals surface area contributed by atoms with Crippen molar-refractivity contribution in [1.29, 1.82) is 0 Å². The number of hydrogen-bond acceptors (Lipinski definition) is 3. The zero-order valence-electron chi connectivity index (χ0n) is 34.8. The maximum atomic E-state index is 5.60. The third-order valence-electron chi connectivity index (χ3n) is 10.7. The fourth-order valence-corrected chi connectivity index (χ4v) is 7.26. The predicted molar refractivity (Wildman–Crippen MR) is 257 cm³/mol. The van der Waals surface area contributed by atoms with Gasteiger partial charge in [0.15, 0.2) is 0 Å². The van der Waals surface area contributed by atoms with E-state index in [2.05, 4.69) is 237 Å². The summed E-state index contributed by atoms with van der Waals surface area (Å²) in [6, 6.07) is 69.6. The first kappa shape index (κ1) is 39.5. The smallest absolute Gasteiger partial charge is 0.119 e. The standard InChI is InChI=1S/C57H50N2O/c1-5-60-57-40-22-48(23-41-57)17-16-47-20-34-54(35-21-47)59(52-30-10-44(4)11-31-52)56-38-26-50(27-39-56)49-24-36-55(37-25-49)58(51-28-8-43(3)9-29-51)53-32-18-46(19-33-53)15-14-45-12-6-42(2)7-13-45/h6-41H,5H2,1-4H3/b15-14+,17-16+. The normalized spacial score (nSPS) is 11.3. The molecule has 0 spiro atoms. The average molecular weight is 779 g/mol. The SMILES string of the molecule is CCOc1ccc(/C=C/c2ccc(N(c3ccc(C)cc3)c3ccc(-c4ccc(N(c5ccc(C)cc5)c5ccc(/C=C/c6ccc(C)cc6)cc5)cc4)cc3)cc2)cc1. The van der Waals surface area contributed by atoms with Crippen LogP contribution >= 0.6 is 0 Å². The van der Waals surface area contributed by atoms with Gasteiger partial charge in [0.1, 0.15) is 5.75 Å². The van der Waals surface area contributed by atoms with Crippen LogP contribution in [-0.4, -0.2) is 6.61 Å². The van der Waals surface area contributed by atoms with Gasteiger partial charge in [-0.15, -0.1) is 0 Å². The molecule has 8 aromatic rings. The Labute approximate surface area is 355 Å². The fraction of sp³-hybridized carbons (Fsp3) is 0.0877. The Hall–Kier alpha value is -7.36. The highest BCUT2D eigenvalue weighted by atomic mass is 16.5. The maximum absolute atomic E-state index is 5.60. The average Bonchev–Trinajstić information content (AvgIpc) is 3.29. The number of ether oxygens (including phenoxy) is 1. The highest BCUT2D eigenvalue weighted by molar-refractivity contribution is 5.82. The minimum atomic E-state index is 0.666. The molecule has 0 saturated carbocycles. The minimum Gasteiger partial charge on any atom is -0.494 e. The van der Waals surface area contributed by atoms with Crippen LogP contribution in [0.15, 0.2) is 194 Å². The van der Waals surface area contributed by atoms with E-state index >= 15 is 0 Å². The van der Waals surface area contributed by atoms with Crippen molar-refractivity contribution < 1.29 is 4.74 Å². The maximum Gasteiger partial charge on any atom is 0.119 e. The van der Waals surface area contributed by atoms with E-state index in [0.29, 0.717) is 6.61 Å². The van der Waals surface area contributed by atoms with Gasteiger partial charge in [-0.25, -0.2) is 0 Å². The Morgan fingerprint density at radius 3 is 0.850 bits per heavy atom. The van der Waals surface area contributed by atoms with Crippen molar-refractivity contribution in [1.82, 2.24) is 0 Å². The first-order valence-electron chi connectivity index (χ1n) is 20.7. The van der Waals surface area contributed by atoms with Crippen molar-refractivity contribution >= 4 is 58.4 Å². The van der Waals surface area contributed by atoms with Crippen molar-refractivity contribution in [2.75, 3.05) is 16.4 Å². The van der Waals surface area contributed by atoms with E-state index in [1.807, 2.05) is 19.1 Å². The summed E-state index contributed by atoms with van der Waals surface area (Å²) < 4.78 is 5.60. The van der Waals surface area contributed by atoms with Gasteiger partial charge in [0.05, 0.1) is 6.61 Å². The fourth-order valence-electron chi connectivity index (χ4n) is 7.26. The van der Waals surface area contributed by atoms with Gasteiger partial charge in [-0.3, -0.25) is 0 Å². The Bertz CT molecular complexity index is 2660. The topological polar surface area (TPSA) is 15.7 Å². The minimum absolute atomic E-state index is 0.666. The van der Waals surface area contributed by atoms with Gasteiger partial charge in [-0.05, 0) is 146 Å². The van der Waals surface area contributed by atoms with E-state index in [1.165, 1.54) is 22.3 Å². The summed E-state index contributed by atoms with van der Waals surface area (Å²) in [5.41, 5.74) is 17.3. The molecule has 0 atom stereocenters. The molecule has 0 aromatic heterocycles. The van der Waals surface area contributed by atoms with Crippen LogP contribution in [0.5, 0.6) is 5.75 Å². The van der Waals surface area contributed by atoms with Crippen molar-refractivity contribution in [2.24, 2.45) is 0 Å². The van der Waals surface area contributed by atoms with Crippen LogP contribution in [0.2, 0.25) is 0 Å². The summed E-state index contributed by atoms with van der Waals surface area (Å²) in [5, 5.41) is 0. The molecule has 0 fully saturated rings. The summed E-state index contributed by atoms with van der Waals surface area (Å²) in [6.45, 7) is 9.04. The lowest BCUT2D eigenvalue weighted by Gasteiger charge is -2.26. The third kappa shape index (κ3) is 9.66. The van der Waals surface area contributed by atoms with Crippen LogP contribution in [-0.2, 0) is 0 Å². The zero-order chi connectivity index (χ0) is 41.3. The van der Waals surface area contributed by atoms with Gasteiger partial charge in [-0.2, -0.15) is 0 Å². The zero-order valence-corrected chi connectivity index (χ0v) is 34.8. The molecule has 0 saturated heterocycles. The molecule has 0 unspecified atom stereocenters. The van der Waals surface area contributed by atoms with Crippen molar-refractivity contribution in [3.8, 4) is 16.9 Å². The van der Waals surface area contributed by atoms with Crippen LogP contribution in [0.4, 0.5) is 34.1 Å². The lowest BCUT2D eigenvalue weighted by Crippen LogP contribution is -2.10. The van der Waals surface area contributed by atoms with Gasteiger partial charge in [0.2, 0.25) is 0 Å². The molecule has 0 aliphatic carbocycles. The quantitative estimate of drug-likeness (QED) is 0.108. The summed E-state index contributed by atoms with van der Waals surface area (Å²) in [6.07, 6.45) is 8.63. The van der Waals surface area contributed by atoms with Gasteiger partial charge < -0.3 is 14.5 Å². The number of aryl methyl sites for hydroxylation is 3. The molecule has 0 aliphatic heterocycles. The lowest BCUT2D eigenvalue weighted by molar-refractivity contribution is 0.340. The number of rotatable bonds is 13. The monoisotopic (exact) mass is 778 g/mol. The number of anilines is 6. The Balaban J connectivity index is 1.03. The molecule has 294 valence electrons. The molecular weight excluding hydrogens is 729 g/mol. The van der Waals surface area contributed by atoms with Gasteiger partial charge in [0, 0.05) is 34.1 Å². The van der Waals surface area contributed by atoms with E-state index in [9.17, 15) is 0 Å². The first-order chi connectivity index (χ1) is 29.4. The van der Waals surface area contributed by atoms with Crippen molar-refractivity contribution in [2.45, 2.75) is 27.7 Å². The van der Waals surface area contributed by atoms with Crippen molar-refractivity contribution in [3.63, 3.8) is 0 Å². The van der Waals surface area contributed by atoms with Gasteiger partial charge >= 0.3 is 0 Å². The Kier molecular flexibility index (Phi) is 12.2. The summed E-state index contributed by atoms with van der Waals surface area (Å²) in [4.78, 5) is 4.63. The lowest BCUT2D eigenvalue weighted by atomic mass is 10.0. The molecule has 0 radical (unpaired) electrons. The molecule has 0 bridgehead atoms. The molecule has 0 heterocycles. The summed E-state index contributed by atoms with van der Waals surface area (Å²) >= 11 is 0. The predicted octanol–water partition coefficient (Wildman–Crippen LogP) is 16.0. The number of nitrogens with zero attached hydrogens (tertiary/aromatic N) is 2. The highest BCUT2D eigenvalue weighted by Crippen LogP contribution is 2.38. The molecule has 0 amide bonds. The molecule has 8 aromatic carbocycles. The number of hydrogen-bond donors (Lipinski definition) is 0. The third-order valence-corrected chi connectivity index (χ3v) is 10.7. The molecule has 0 N–H and O–H groups in total. The Morgan fingerprint density at radius 2 is 0.550 bits per heavy atom. The van der Waals surface area contributed by atoms with E-state index < -0.39 is 0 Å². The second kappa shape index (κ2) is 18.5. The highest BCUT2D eigenvalue weighted by Gasteiger charge is 2.15. The summed E-state index contributed by atoms with van der Waals surface area (Å²) in [5.74, 6) is 0.891. The summed E-state index contributed by atoms with van der Waals surface area (Å²) in [7, 11) is 0. The van der Waals surface area contributed by atoms with Gasteiger partial charge in [-0.1, -0.05) is 150 Å².